The van der Waals surface area contributed by atoms with Crippen molar-refractivity contribution in [2.75, 3.05) is 6.61 Å². The van der Waals surface area contributed by atoms with E-state index in [1.165, 1.54) is 12.1 Å². The van der Waals surface area contributed by atoms with Gasteiger partial charge in [-0.15, -0.1) is 11.3 Å². The Kier molecular flexibility index (Phi) is 6.06. The van der Waals surface area contributed by atoms with E-state index in [1.54, 1.807) is 28.4 Å². The fraction of sp³-hybridized carbons (Fsp3) is 0.259. The molecule has 8 heteroatoms. The van der Waals surface area contributed by atoms with Crippen LogP contribution in [0.3, 0.4) is 0 Å². The molecule has 3 heterocycles. The Bertz CT molecular complexity index is 1380. The van der Waals surface area contributed by atoms with Gasteiger partial charge >= 0.3 is 0 Å². The number of carbonyl (C=O) groups excluding carboxylic acids is 2. The van der Waals surface area contributed by atoms with E-state index in [0.717, 1.165) is 27.1 Å². The van der Waals surface area contributed by atoms with E-state index in [0.29, 0.717) is 18.8 Å². The molecular formula is C27H26FN3O3S. The van der Waals surface area contributed by atoms with Crippen molar-refractivity contribution in [1.29, 1.82) is 0 Å². The molecule has 0 spiro atoms. The highest BCUT2D eigenvalue weighted by molar-refractivity contribution is 7.16. The van der Waals surface area contributed by atoms with Crippen LogP contribution in [0.5, 0.6) is 5.75 Å². The van der Waals surface area contributed by atoms with Crippen LogP contribution in [0.25, 0.3) is 10.2 Å². The summed E-state index contributed by atoms with van der Waals surface area (Å²) in [6.07, 6.45) is 0. The average Bonchev–Trinajstić information content (AvgIpc) is 3.45. The number of carbonyl (C=O) groups is 2. The first kappa shape index (κ1) is 23.1. The largest absolute Gasteiger partial charge is 0.494 e. The predicted octanol–water partition coefficient (Wildman–Crippen LogP) is 4.97. The highest BCUT2D eigenvalue weighted by Crippen LogP contribution is 2.35. The molecule has 0 aliphatic carbocycles. The van der Waals surface area contributed by atoms with Gasteiger partial charge in [-0.1, -0.05) is 24.3 Å². The molecule has 0 saturated carbocycles. The summed E-state index contributed by atoms with van der Waals surface area (Å²) in [6, 6.07) is 17.5. The lowest BCUT2D eigenvalue weighted by molar-refractivity contribution is -0.133. The second-order valence-corrected chi connectivity index (χ2v) is 9.74. The molecule has 4 aromatic rings. The van der Waals surface area contributed by atoms with Gasteiger partial charge in [0.25, 0.3) is 5.91 Å². The zero-order valence-corrected chi connectivity index (χ0v) is 20.4. The summed E-state index contributed by atoms with van der Waals surface area (Å²) in [5.74, 6) is -0.0141. The van der Waals surface area contributed by atoms with Crippen molar-refractivity contribution < 1.29 is 18.7 Å². The summed E-state index contributed by atoms with van der Waals surface area (Å²) in [6.45, 7) is 5.17. The number of thiophene rings is 1. The summed E-state index contributed by atoms with van der Waals surface area (Å²) >= 11 is 1.56. The molecule has 1 N–H and O–H groups in total. The van der Waals surface area contributed by atoms with Crippen LogP contribution in [0.1, 0.15) is 35.5 Å². The Labute approximate surface area is 206 Å². The molecule has 180 valence electrons. The van der Waals surface area contributed by atoms with Crippen LogP contribution in [0.15, 0.2) is 66.0 Å². The number of benzene rings is 2. The summed E-state index contributed by atoms with van der Waals surface area (Å²) in [4.78, 5) is 30.0. The van der Waals surface area contributed by atoms with E-state index < -0.39 is 5.54 Å². The normalized spacial score (nSPS) is 17.5. The van der Waals surface area contributed by atoms with Crippen LogP contribution in [0.2, 0.25) is 0 Å². The SMILES string of the molecule is CCOc1ccc(CN2C(=O)c3cc4ccsc4n3C[C@]2(C)C(=O)NCc2ccc(F)cc2)cc1. The Morgan fingerprint density at radius 1 is 1.11 bits per heavy atom. The van der Waals surface area contributed by atoms with E-state index in [2.05, 4.69) is 5.32 Å². The van der Waals surface area contributed by atoms with Gasteiger partial charge in [-0.2, -0.15) is 0 Å². The first-order valence-electron chi connectivity index (χ1n) is 11.5. The molecule has 2 aromatic carbocycles. The number of ether oxygens (including phenoxy) is 1. The number of amides is 2. The molecule has 5 rings (SSSR count). The molecule has 0 fully saturated rings. The van der Waals surface area contributed by atoms with Crippen molar-refractivity contribution in [1.82, 2.24) is 14.8 Å². The highest BCUT2D eigenvalue weighted by atomic mass is 32.1. The lowest BCUT2D eigenvalue weighted by Gasteiger charge is -2.44. The smallest absolute Gasteiger partial charge is 0.271 e. The number of hydrogen-bond donors (Lipinski definition) is 1. The third kappa shape index (κ3) is 4.30. The number of hydrogen-bond acceptors (Lipinski definition) is 4. The molecule has 35 heavy (non-hydrogen) atoms. The Hall–Kier alpha value is -3.65. The molecule has 1 atom stereocenters. The number of nitrogens with zero attached hydrogens (tertiary/aromatic N) is 2. The van der Waals surface area contributed by atoms with Gasteiger partial charge in [0.05, 0.1) is 13.2 Å². The van der Waals surface area contributed by atoms with Gasteiger partial charge in [-0.25, -0.2) is 4.39 Å². The fourth-order valence-corrected chi connectivity index (χ4v) is 5.42. The van der Waals surface area contributed by atoms with Crippen molar-refractivity contribution in [3.8, 4) is 5.75 Å². The van der Waals surface area contributed by atoms with E-state index >= 15 is 0 Å². The van der Waals surface area contributed by atoms with Crippen LogP contribution in [0, 0.1) is 5.82 Å². The van der Waals surface area contributed by atoms with Crippen molar-refractivity contribution in [2.45, 2.75) is 39.0 Å². The van der Waals surface area contributed by atoms with Gasteiger partial charge in [0.1, 0.15) is 27.6 Å². The number of fused-ring (bicyclic) bond motifs is 3. The maximum atomic E-state index is 13.8. The fourth-order valence-electron chi connectivity index (χ4n) is 4.52. The van der Waals surface area contributed by atoms with Crippen molar-refractivity contribution in [3.63, 3.8) is 0 Å². The molecule has 0 bridgehead atoms. The number of aromatic nitrogens is 1. The van der Waals surface area contributed by atoms with Gasteiger partial charge < -0.3 is 19.5 Å². The van der Waals surface area contributed by atoms with Crippen LogP contribution < -0.4 is 10.1 Å². The quantitative estimate of drug-likeness (QED) is 0.397. The molecule has 0 radical (unpaired) electrons. The molecule has 0 unspecified atom stereocenters. The first-order valence-corrected chi connectivity index (χ1v) is 12.4. The zero-order chi connectivity index (χ0) is 24.6. The standard InChI is InChI=1S/C27H26FN3O3S/c1-3-34-22-10-6-19(7-11-22)16-31-24(32)23-14-20-12-13-35-25(20)30(23)17-27(31,2)26(33)29-15-18-4-8-21(28)9-5-18/h4-14H,3,15-17H2,1-2H3,(H,29,33)/t27-/m1/s1. The van der Waals surface area contributed by atoms with Gasteiger partial charge in [0.2, 0.25) is 5.91 Å². The summed E-state index contributed by atoms with van der Waals surface area (Å²) in [5, 5.41) is 5.95. The topological polar surface area (TPSA) is 63.6 Å². The third-order valence-electron chi connectivity index (χ3n) is 6.46. The minimum Gasteiger partial charge on any atom is -0.494 e. The van der Waals surface area contributed by atoms with E-state index in [-0.39, 0.29) is 30.7 Å². The van der Waals surface area contributed by atoms with Crippen LogP contribution >= 0.6 is 11.3 Å². The van der Waals surface area contributed by atoms with Crippen molar-refractivity contribution >= 4 is 33.4 Å². The second-order valence-electron chi connectivity index (χ2n) is 8.85. The number of nitrogens with one attached hydrogen (secondary N) is 1. The van der Waals surface area contributed by atoms with E-state index in [4.69, 9.17) is 4.74 Å². The average molecular weight is 492 g/mol. The predicted molar refractivity (Wildman–Crippen MR) is 134 cm³/mol. The zero-order valence-electron chi connectivity index (χ0n) is 19.6. The molecule has 1 aliphatic heterocycles. The van der Waals surface area contributed by atoms with E-state index in [1.807, 2.05) is 60.2 Å². The molecule has 6 nitrogen and oxygen atoms in total. The maximum absolute atomic E-state index is 13.8. The molecular weight excluding hydrogens is 465 g/mol. The summed E-state index contributed by atoms with van der Waals surface area (Å²) in [5.41, 5.74) is 1.15. The molecule has 1 aliphatic rings. The van der Waals surface area contributed by atoms with Crippen LogP contribution in [-0.4, -0.2) is 33.4 Å². The Balaban J connectivity index is 1.47. The lowest BCUT2D eigenvalue weighted by atomic mass is 9.93. The summed E-state index contributed by atoms with van der Waals surface area (Å²) in [7, 11) is 0. The van der Waals surface area contributed by atoms with Crippen molar-refractivity contribution in [2.24, 2.45) is 0 Å². The van der Waals surface area contributed by atoms with E-state index in [9.17, 15) is 14.0 Å². The third-order valence-corrected chi connectivity index (χ3v) is 7.41. The maximum Gasteiger partial charge on any atom is 0.271 e. The number of halogens is 1. The Morgan fingerprint density at radius 3 is 2.54 bits per heavy atom. The minimum atomic E-state index is -1.13. The highest BCUT2D eigenvalue weighted by Gasteiger charge is 2.47. The van der Waals surface area contributed by atoms with Gasteiger partial charge in [0, 0.05) is 18.5 Å². The Morgan fingerprint density at radius 2 is 1.83 bits per heavy atom. The van der Waals surface area contributed by atoms with Gasteiger partial charge in [-0.05, 0) is 66.8 Å². The van der Waals surface area contributed by atoms with Crippen molar-refractivity contribution in [3.05, 3.63) is 88.7 Å². The van der Waals surface area contributed by atoms with Gasteiger partial charge in [-0.3, -0.25) is 9.59 Å². The van der Waals surface area contributed by atoms with Crippen LogP contribution in [0.4, 0.5) is 4.39 Å². The molecule has 2 amide bonds. The number of rotatable bonds is 7. The minimum absolute atomic E-state index is 0.187. The molecule has 0 saturated heterocycles. The first-order chi connectivity index (χ1) is 16.9. The second kappa shape index (κ2) is 9.19. The van der Waals surface area contributed by atoms with Crippen LogP contribution in [-0.2, 0) is 24.4 Å². The van der Waals surface area contributed by atoms with Gasteiger partial charge in [0.15, 0.2) is 0 Å². The monoisotopic (exact) mass is 491 g/mol. The lowest BCUT2D eigenvalue weighted by Crippen LogP contribution is -2.63. The molecule has 2 aromatic heterocycles. The summed E-state index contributed by atoms with van der Waals surface area (Å²) < 4.78 is 20.8.